The lowest BCUT2D eigenvalue weighted by atomic mass is 10.0. The Bertz CT molecular complexity index is 1150. The maximum absolute atomic E-state index is 12.5. The predicted octanol–water partition coefficient (Wildman–Crippen LogP) is 20.0. The number of aliphatic hydroxyl groups is 2. The van der Waals surface area contributed by atoms with Crippen LogP contribution in [0, 0.1) is 0 Å². The summed E-state index contributed by atoms with van der Waals surface area (Å²) in [7, 11) is 0. The number of aliphatic hydroxyl groups excluding tert-OH is 2. The van der Waals surface area contributed by atoms with Crippen LogP contribution in [0.3, 0.4) is 0 Å². The van der Waals surface area contributed by atoms with E-state index in [0.717, 1.165) is 83.5 Å². The Morgan fingerprint density at radius 1 is 0.394 bits per heavy atom. The van der Waals surface area contributed by atoms with Crippen LogP contribution in [0.1, 0.15) is 341 Å². The van der Waals surface area contributed by atoms with E-state index in [4.69, 9.17) is 4.74 Å². The van der Waals surface area contributed by atoms with Crippen LogP contribution in [0.4, 0.5) is 0 Å². The minimum atomic E-state index is -0.689. The van der Waals surface area contributed by atoms with E-state index in [1.165, 1.54) is 225 Å². The number of esters is 1. The Kier molecular flexibility index (Phi) is 59.0. The highest BCUT2D eigenvalue weighted by Crippen LogP contribution is 2.18. The van der Waals surface area contributed by atoms with Crippen molar-refractivity contribution in [3.63, 3.8) is 0 Å². The van der Waals surface area contributed by atoms with E-state index in [1.54, 1.807) is 0 Å². The second-order valence-corrected chi connectivity index (χ2v) is 21.7. The van der Waals surface area contributed by atoms with Crippen LogP contribution in [-0.4, -0.2) is 47.4 Å². The van der Waals surface area contributed by atoms with Gasteiger partial charge in [0.2, 0.25) is 5.91 Å². The number of amides is 1. The molecule has 0 radical (unpaired) electrons. The van der Waals surface area contributed by atoms with Crippen molar-refractivity contribution in [1.29, 1.82) is 0 Å². The van der Waals surface area contributed by atoms with Crippen molar-refractivity contribution < 1.29 is 24.5 Å². The molecule has 0 bridgehead atoms. The van der Waals surface area contributed by atoms with Gasteiger partial charge in [-0.15, -0.1) is 0 Å². The molecule has 0 fully saturated rings. The SMILES string of the molecule is CCCCC/C=C\C/C=C\CCCCCCCCCCCC(=O)OCCCC/C=C\CCCCCCC(=O)NC(CO)C(O)CCCCCCCCCCCCCCCCCCCCCCCCCCC. The van der Waals surface area contributed by atoms with Crippen LogP contribution < -0.4 is 5.32 Å². The highest BCUT2D eigenvalue weighted by Gasteiger charge is 2.20. The van der Waals surface area contributed by atoms with Gasteiger partial charge in [-0.3, -0.25) is 9.59 Å². The third kappa shape index (κ3) is 57.2. The molecular weight excluding hydrogens is 875 g/mol. The molecule has 0 saturated heterocycles. The van der Waals surface area contributed by atoms with Gasteiger partial charge in [-0.2, -0.15) is 0 Å². The number of hydrogen-bond acceptors (Lipinski definition) is 5. The molecule has 6 nitrogen and oxygen atoms in total. The van der Waals surface area contributed by atoms with Gasteiger partial charge in [0.05, 0.1) is 25.4 Å². The Labute approximate surface area is 443 Å². The number of ether oxygens (including phenoxy) is 1. The van der Waals surface area contributed by atoms with Crippen LogP contribution in [0.2, 0.25) is 0 Å². The number of rotatable bonds is 59. The normalized spacial score (nSPS) is 12.8. The minimum absolute atomic E-state index is 0.0391. The minimum Gasteiger partial charge on any atom is -0.466 e. The number of nitrogens with one attached hydrogen (secondary N) is 1. The van der Waals surface area contributed by atoms with E-state index in [-0.39, 0.29) is 18.5 Å². The average Bonchev–Trinajstić information content (AvgIpc) is 3.37. The number of hydrogen-bond donors (Lipinski definition) is 3. The zero-order valence-corrected chi connectivity index (χ0v) is 47.7. The molecule has 71 heavy (non-hydrogen) atoms. The maximum atomic E-state index is 12.5. The number of unbranched alkanes of at least 4 members (excludes halogenated alkanes) is 42. The van der Waals surface area contributed by atoms with Gasteiger partial charge in [0.15, 0.2) is 0 Å². The van der Waals surface area contributed by atoms with Crippen molar-refractivity contribution in [2.24, 2.45) is 0 Å². The van der Waals surface area contributed by atoms with Crippen LogP contribution in [-0.2, 0) is 14.3 Å². The fraction of sp³-hybridized carbons (Fsp3) is 0.877. The maximum Gasteiger partial charge on any atom is 0.305 e. The third-order valence-corrected chi connectivity index (χ3v) is 14.7. The Morgan fingerprint density at radius 2 is 0.704 bits per heavy atom. The topological polar surface area (TPSA) is 95.9 Å². The van der Waals surface area contributed by atoms with Gasteiger partial charge >= 0.3 is 5.97 Å². The standard InChI is InChI=1S/C65H123NO5/c1-3-5-7-9-11-13-15-17-19-21-23-24-25-26-27-28-30-31-33-35-37-41-45-49-53-57-63(68)62(61-67)66-64(69)58-54-50-46-42-39-40-44-48-52-56-60-71-65(70)59-55-51-47-43-38-36-34-32-29-22-20-18-16-14-12-10-8-6-4-2/h12,14,18,20,40,44,62-63,67-68H,3-11,13,15-17,19,21-39,41-43,45-61H2,1-2H3,(H,66,69)/b14-12-,20-18-,44-40-. The molecule has 2 unspecified atom stereocenters. The molecule has 418 valence electrons. The first-order valence-electron chi connectivity index (χ1n) is 31.7. The molecule has 3 N–H and O–H groups in total. The van der Waals surface area contributed by atoms with Crippen LogP contribution in [0.5, 0.6) is 0 Å². The van der Waals surface area contributed by atoms with Crippen molar-refractivity contribution in [3.05, 3.63) is 36.5 Å². The summed E-state index contributed by atoms with van der Waals surface area (Å²) in [4.78, 5) is 24.6. The molecule has 0 rings (SSSR count). The van der Waals surface area contributed by atoms with Crippen LogP contribution >= 0.6 is 0 Å². The van der Waals surface area contributed by atoms with Crippen molar-refractivity contribution in [2.75, 3.05) is 13.2 Å². The van der Waals surface area contributed by atoms with Gasteiger partial charge in [-0.05, 0) is 83.5 Å². The lowest BCUT2D eigenvalue weighted by Crippen LogP contribution is -2.45. The zero-order valence-electron chi connectivity index (χ0n) is 47.7. The number of allylic oxidation sites excluding steroid dienone is 6. The first-order chi connectivity index (χ1) is 35.0. The molecule has 1 amide bonds. The molecule has 0 aliphatic rings. The van der Waals surface area contributed by atoms with Crippen molar-refractivity contribution in [3.8, 4) is 0 Å². The highest BCUT2D eigenvalue weighted by molar-refractivity contribution is 5.76. The molecule has 2 atom stereocenters. The average molecular weight is 999 g/mol. The smallest absolute Gasteiger partial charge is 0.305 e. The van der Waals surface area contributed by atoms with Crippen molar-refractivity contribution in [2.45, 2.75) is 353 Å². The summed E-state index contributed by atoms with van der Waals surface area (Å²) in [5, 5.41) is 23.4. The summed E-state index contributed by atoms with van der Waals surface area (Å²) in [5.41, 5.74) is 0. The molecule has 0 aromatic heterocycles. The van der Waals surface area contributed by atoms with Crippen LogP contribution in [0.25, 0.3) is 0 Å². The Hall–Kier alpha value is -1.92. The van der Waals surface area contributed by atoms with E-state index < -0.39 is 12.1 Å². The molecular formula is C65H123NO5. The molecule has 0 saturated carbocycles. The Morgan fingerprint density at radius 3 is 1.11 bits per heavy atom. The van der Waals surface area contributed by atoms with E-state index in [1.807, 2.05) is 0 Å². The summed E-state index contributed by atoms with van der Waals surface area (Å²) in [5.74, 6) is -0.107. The first-order valence-corrected chi connectivity index (χ1v) is 31.7. The summed E-state index contributed by atoms with van der Waals surface area (Å²) in [6, 6.07) is -0.569. The van der Waals surface area contributed by atoms with Gasteiger partial charge in [0, 0.05) is 12.8 Å². The fourth-order valence-electron chi connectivity index (χ4n) is 9.78. The van der Waals surface area contributed by atoms with E-state index in [9.17, 15) is 19.8 Å². The van der Waals surface area contributed by atoms with Gasteiger partial charge in [0.25, 0.3) is 0 Å². The zero-order chi connectivity index (χ0) is 51.4. The molecule has 0 aliphatic carbocycles. The first kappa shape index (κ1) is 69.1. The molecule has 0 aliphatic heterocycles. The van der Waals surface area contributed by atoms with Gasteiger partial charge in [-0.1, -0.05) is 281 Å². The number of carbonyl (C=O) groups is 2. The number of carbonyl (C=O) groups excluding carboxylic acids is 2. The largest absolute Gasteiger partial charge is 0.466 e. The predicted molar refractivity (Wildman–Crippen MR) is 310 cm³/mol. The van der Waals surface area contributed by atoms with E-state index in [2.05, 4.69) is 55.6 Å². The summed E-state index contributed by atoms with van der Waals surface area (Å²) >= 11 is 0. The van der Waals surface area contributed by atoms with E-state index in [0.29, 0.717) is 25.9 Å². The summed E-state index contributed by atoms with van der Waals surface area (Å²) in [6.45, 7) is 4.86. The third-order valence-electron chi connectivity index (χ3n) is 14.7. The van der Waals surface area contributed by atoms with Gasteiger partial charge in [-0.25, -0.2) is 0 Å². The second-order valence-electron chi connectivity index (χ2n) is 21.7. The van der Waals surface area contributed by atoms with Gasteiger partial charge in [0.1, 0.15) is 0 Å². The van der Waals surface area contributed by atoms with E-state index >= 15 is 0 Å². The molecule has 6 heteroatoms. The van der Waals surface area contributed by atoms with Crippen LogP contribution in [0.15, 0.2) is 36.5 Å². The molecule has 0 spiro atoms. The summed E-state index contributed by atoms with van der Waals surface area (Å²) in [6.07, 6.45) is 75.9. The fourth-order valence-corrected chi connectivity index (χ4v) is 9.78. The summed E-state index contributed by atoms with van der Waals surface area (Å²) < 4.78 is 5.46. The quantitative estimate of drug-likeness (QED) is 0.0321. The lowest BCUT2D eigenvalue weighted by Gasteiger charge is -2.22. The monoisotopic (exact) mass is 998 g/mol. The van der Waals surface area contributed by atoms with Crippen molar-refractivity contribution in [1.82, 2.24) is 5.32 Å². The molecule has 0 aromatic carbocycles. The molecule has 0 heterocycles. The Balaban J connectivity index is 3.49. The highest BCUT2D eigenvalue weighted by atomic mass is 16.5. The lowest BCUT2D eigenvalue weighted by molar-refractivity contribution is -0.143. The second kappa shape index (κ2) is 60.6. The van der Waals surface area contributed by atoms with Gasteiger partial charge < -0.3 is 20.3 Å². The van der Waals surface area contributed by atoms with Crippen molar-refractivity contribution >= 4 is 11.9 Å². The molecule has 0 aromatic rings.